The molecule has 2 aromatic rings. The van der Waals surface area contributed by atoms with Crippen molar-refractivity contribution >= 4 is 29.6 Å². The Bertz CT molecular complexity index is 847. The van der Waals surface area contributed by atoms with E-state index in [0.29, 0.717) is 28.7 Å². The second-order valence-electron chi connectivity index (χ2n) is 5.29. The van der Waals surface area contributed by atoms with E-state index in [0.717, 1.165) is 5.56 Å². The average Bonchev–Trinajstić information content (AvgIpc) is 2.92. The molecule has 1 aliphatic heterocycles. The third-order valence-corrected chi connectivity index (χ3v) is 3.78. The first-order chi connectivity index (χ1) is 12.0. The highest BCUT2D eigenvalue weighted by Gasteiger charge is 2.22. The molecule has 0 saturated carbocycles. The molecule has 25 heavy (non-hydrogen) atoms. The number of hydrogen-bond donors (Lipinski definition) is 2. The van der Waals surface area contributed by atoms with Gasteiger partial charge >= 0.3 is 6.03 Å². The number of hydrogen-bond acceptors (Lipinski definition) is 4. The van der Waals surface area contributed by atoms with Gasteiger partial charge in [0.1, 0.15) is 12.3 Å². The number of imide groups is 1. The highest BCUT2D eigenvalue weighted by molar-refractivity contribution is 6.30. The predicted molar refractivity (Wildman–Crippen MR) is 93.4 cm³/mol. The van der Waals surface area contributed by atoms with Crippen LogP contribution in [0.1, 0.15) is 11.1 Å². The van der Waals surface area contributed by atoms with Crippen molar-refractivity contribution in [2.75, 3.05) is 7.11 Å². The van der Waals surface area contributed by atoms with E-state index in [1.54, 1.807) is 36.4 Å². The predicted octanol–water partition coefficient (Wildman–Crippen LogP) is 3.11. The molecule has 0 aliphatic carbocycles. The number of ether oxygens (including phenoxy) is 2. The van der Waals surface area contributed by atoms with Gasteiger partial charge in [0.25, 0.3) is 5.91 Å². The van der Waals surface area contributed by atoms with E-state index in [1.807, 2.05) is 12.1 Å². The largest absolute Gasteiger partial charge is 0.493 e. The van der Waals surface area contributed by atoms with E-state index in [4.69, 9.17) is 21.1 Å². The molecule has 0 radical (unpaired) electrons. The Morgan fingerprint density at radius 2 is 1.80 bits per heavy atom. The second kappa shape index (κ2) is 7.27. The van der Waals surface area contributed by atoms with Crippen LogP contribution in [0.3, 0.4) is 0 Å². The van der Waals surface area contributed by atoms with E-state index in [1.165, 1.54) is 7.11 Å². The minimum absolute atomic E-state index is 0.182. The van der Waals surface area contributed by atoms with Crippen LogP contribution < -0.4 is 20.1 Å². The number of carbonyl (C=O) groups excluding carboxylic acids is 2. The van der Waals surface area contributed by atoms with Crippen LogP contribution in [0.2, 0.25) is 5.02 Å². The van der Waals surface area contributed by atoms with E-state index in [2.05, 4.69) is 10.6 Å². The number of urea groups is 1. The summed E-state index contributed by atoms with van der Waals surface area (Å²) in [5.74, 6) is 0.625. The lowest BCUT2D eigenvalue weighted by atomic mass is 10.1. The zero-order chi connectivity index (χ0) is 17.8. The van der Waals surface area contributed by atoms with E-state index in [-0.39, 0.29) is 5.70 Å². The summed E-state index contributed by atoms with van der Waals surface area (Å²) >= 11 is 5.86. The van der Waals surface area contributed by atoms with Gasteiger partial charge in [-0.2, -0.15) is 0 Å². The molecule has 1 aliphatic rings. The van der Waals surface area contributed by atoms with Crippen molar-refractivity contribution in [2.24, 2.45) is 0 Å². The Balaban J connectivity index is 1.75. The molecule has 2 N–H and O–H groups in total. The van der Waals surface area contributed by atoms with Crippen molar-refractivity contribution in [3.63, 3.8) is 0 Å². The van der Waals surface area contributed by atoms with E-state index in [9.17, 15) is 9.59 Å². The van der Waals surface area contributed by atoms with Crippen molar-refractivity contribution in [3.05, 3.63) is 64.3 Å². The highest BCUT2D eigenvalue weighted by Crippen LogP contribution is 2.29. The SMILES string of the molecule is COc1cc(/C=C2\NC(=O)NC2=O)ccc1OCc1ccc(Cl)cc1. The van der Waals surface area contributed by atoms with Crippen LogP contribution in [-0.4, -0.2) is 19.0 Å². The Morgan fingerprint density at radius 3 is 2.44 bits per heavy atom. The normalized spacial score (nSPS) is 15.0. The summed E-state index contributed by atoms with van der Waals surface area (Å²) in [6.45, 7) is 0.367. The lowest BCUT2D eigenvalue weighted by Gasteiger charge is -2.11. The number of benzene rings is 2. The molecule has 1 fully saturated rings. The van der Waals surface area contributed by atoms with Crippen LogP contribution >= 0.6 is 11.6 Å². The highest BCUT2D eigenvalue weighted by atomic mass is 35.5. The summed E-state index contributed by atoms with van der Waals surface area (Å²) in [6, 6.07) is 12.1. The van der Waals surface area contributed by atoms with Gasteiger partial charge in [0.05, 0.1) is 7.11 Å². The fourth-order valence-electron chi connectivity index (χ4n) is 2.28. The zero-order valence-electron chi connectivity index (χ0n) is 13.3. The van der Waals surface area contributed by atoms with Crippen molar-refractivity contribution < 1.29 is 19.1 Å². The number of carbonyl (C=O) groups is 2. The van der Waals surface area contributed by atoms with Gasteiger partial charge in [0.15, 0.2) is 11.5 Å². The first kappa shape index (κ1) is 16.9. The zero-order valence-corrected chi connectivity index (χ0v) is 14.1. The third-order valence-electron chi connectivity index (χ3n) is 3.53. The van der Waals surface area contributed by atoms with Crippen LogP contribution in [0.4, 0.5) is 4.79 Å². The second-order valence-corrected chi connectivity index (χ2v) is 5.73. The van der Waals surface area contributed by atoms with Crippen LogP contribution in [0.5, 0.6) is 11.5 Å². The molecule has 0 unspecified atom stereocenters. The van der Waals surface area contributed by atoms with Crippen LogP contribution in [0, 0.1) is 0 Å². The molecule has 7 heteroatoms. The number of amides is 3. The monoisotopic (exact) mass is 358 g/mol. The smallest absolute Gasteiger partial charge is 0.326 e. The van der Waals surface area contributed by atoms with E-state index >= 15 is 0 Å². The first-order valence-corrected chi connectivity index (χ1v) is 7.82. The van der Waals surface area contributed by atoms with E-state index < -0.39 is 11.9 Å². The lowest BCUT2D eigenvalue weighted by molar-refractivity contribution is -0.115. The maximum absolute atomic E-state index is 11.6. The summed E-state index contributed by atoms with van der Waals surface area (Å²) in [7, 11) is 1.53. The number of halogens is 1. The molecular weight excluding hydrogens is 344 g/mol. The van der Waals surface area contributed by atoms with Crippen molar-refractivity contribution in [1.29, 1.82) is 0 Å². The van der Waals surface area contributed by atoms with Gasteiger partial charge in [0, 0.05) is 5.02 Å². The molecule has 0 aromatic heterocycles. The molecular formula is C18H15ClN2O4. The maximum atomic E-state index is 11.6. The van der Waals surface area contributed by atoms with Crippen LogP contribution in [-0.2, 0) is 11.4 Å². The van der Waals surface area contributed by atoms with Crippen molar-refractivity contribution in [3.8, 4) is 11.5 Å². The molecule has 6 nitrogen and oxygen atoms in total. The first-order valence-electron chi connectivity index (χ1n) is 7.44. The molecule has 2 aromatic carbocycles. The van der Waals surface area contributed by atoms with Gasteiger partial charge in [-0.1, -0.05) is 29.8 Å². The van der Waals surface area contributed by atoms with Gasteiger partial charge < -0.3 is 14.8 Å². The topological polar surface area (TPSA) is 76.7 Å². The Hall–Kier alpha value is -2.99. The maximum Gasteiger partial charge on any atom is 0.326 e. The molecule has 1 heterocycles. The van der Waals surface area contributed by atoms with Crippen LogP contribution in [0.25, 0.3) is 6.08 Å². The molecule has 0 atom stereocenters. The lowest BCUT2D eigenvalue weighted by Crippen LogP contribution is -2.22. The third kappa shape index (κ3) is 4.10. The average molecular weight is 359 g/mol. The van der Waals surface area contributed by atoms with Crippen LogP contribution in [0.15, 0.2) is 48.2 Å². The summed E-state index contributed by atoms with van der Waals surface area (Å²) < 4.78 is 11.1. The summed E-state index contributed by atoms with van der Waals surface area (Å²) in [4.78, 5) is 22.7. The molecule has 128 valence electrons. The number of rotatable bonds is 5. The van der Waals surface area contributed by atoms with Gasteiger partial charge in [-0.15, -0.1) is 0 Å². The summed E-state index contributed by atoms with van der Waals surface area (Å²) in [5.41, 5.74) is 1.85. The number of nitrogens with one attached hydrogen (secondary N) is 2. The quantitative estimate of drug-likeness (QED) is 0.636. The Labute approximate surface area is 149 Å². The minimum atomic E-state index is -0.536. The fraction of sp³-hybridized carbons (Fsp3) is 0.111. The molecule has 1 saturated heterocycles. The minimum Gasteiger partial charge on any atom is -0.493 e. The Morgan fingerprint density at radius 1 is 1.04 bits per heavy atom. The van der Waals surface area contributed by atoms with Gasteiger partial charge in [0.2, 0.25) is 0 Å². The molecule has 0 bridgehead atoms. The molecule has 0 spiro atoms. The van der Waals surface area contributed by atoms with Crippen molar-refractivity contribution in [2.45, 2.75) is 6.61 Å². The van der Waals surface area contributed by atoms with Gasteiger partial charge in [-0.05, 0) is 41.5 Å². The summed E-state index contributed by atoms with van der Waals surface area (Å²) in [6.07, 6.45) is 1.56. The standard InChI is InChI=1S/C18H15ClN2O4/c1-24-16-9-12(8-14-17(22)21-18(23)20-14)4-7-15(16)25-10-11-2-5-13(19)6-3-11/h2-9H,10H2,1H3,(H2,20,21,22,23)/b14-8-. The molecule has 3 amide bonds. The summed E-state index contributed by atoms with van der Waals surface area (Å²) in [5, 5.41) is 5.25. The Kier molecular flexibility index (Phi) is 4.90. The number of methoxy groups -OCH3 is 1. The van der Waals surface area contributed by atoms with Gasteiger partial charge in [-0.3, -0.25) is 10.1 Å². The molecule has 3 rings (SSSR count). The van der Waals surface area contributed by atoms with Gasteiger partial charge in [-0.25, -0.2) is 4.79 Å². The van der Waals surface area contributed by atoms with Crippen molar-refractivity contribution in [1.82, 2.24) is 10.6 Å². The fourth-order valence-corrected chi connectivity index (χ4v) is 2.41.